The van der Waals surface area contributed by atoms with Crippen LogP contribution < -0.4 is 0 Å². The SMILES string of the molecule is CC1(C)c2ccccc2-c2ccc(-c3nc(-n4c5cc6ccccc6cc5c5c(-n6c7ccccc7c7c8ccccc8ccc76)cccc54)nc4ccccc34)cc21.c1ccc2cc3c(cc2c1)c1c(-n2c4ccccc4c4c5ccccc5ccc42)cccc1n3-c1nc(-c2ccc3ccc4ccccc4c3c2)c2ccccc2n1. The Bertz CT molecular complexity index is 8640. The predicted molar refractivity (Wildman–Crippen MR) is 490 cm³/mol. The second-order valence-electron chi connectivity index (χ2n) is 31.9. The van der Waals surface area contributed by atoms with Crippen LogP contribution in [0.15, 0.2) is 376 Å². The monoisotopic (exact) mass is 1490 g/mol. The maximum atomic E-state index is 5.59. The Morgan fingerprint density at radius 3 is 1.10 bits per heavy atom. The molecule has 26 rings (SSSR count). The molecule has 117 heavy (non-hydrogen) atoms. The number of hydrogen-bond donors (Lipinski definition) is 0. The van der Waals surface area contributed by atoms with Gasteiger partial charge in [-0.3, -0.25) is 9.13 Å². The second kappa shape index (κ2) is 24.8. The molecular formula is C109H68N8. The first kappa shape index (κ1) is 65.2. The van der Waals surface area contributed by atoms with Gasteiger partial charge in [0.2, 0.25) is 11.9 Å². The quantitative estimate of drug-likeness (QED) is 0.156. The van der Waals surface area contributed by atoms with E-state index in [1.54, 1.807) is 0 Å². The molecule has 6 aromatic heterocycles. The number of hydrogen-bond acceptors (Lipinski definition) is 4. The fourth-order valence-electron chi connectivity index (χ4n) is 20.0. The van der Waals surface area contributed by atoms with Gasteiger partial charge in [-0.1, -0.05) is 293 Å². The third kappa shape index (κ3) is 9.58. The first-order chi connectivity index (χ1) is 57.8. The lowest BCUT2D eigenvalue weighted by Crippen LogP contribution is -2.15. The molecule has 8 heteroatoms. The number of nitrogens with zero attached hydrogens (tertiary/aromatic N) is 8. The van der Waals surface area contributed by atoms with Gasteiger partial charge in [0.05, 0.1) is 77.9 Å². The molecule has 0 N–H and O–H groups in total. The van der Waals surface area contributed by atoms with E-state index in [0.29, 0.717) is 11.9 Å². The fraction of sp³-hybridized carbons (Fsp3) is 0.0275. The van der Waals surface area contributed by atoms with Crippen molar-refractivity contribution in [3.8, 4) is 56.9 Å². The smallest absolute Gasteiger partial charge is 0.235 e. The zero-order valence-electron chi connectivity index (χ0n) is 63.9. The van der Waals surface area contributed by atoms with Crippen molar-refractivity contribution in [2.45, 2.75) is 19.3 Å². The molecule has 0 fully saturated rings. The van der Waals surface area contributed by atoms with Crippen molar-refractivity contribution in [3.05, 3.63) is 387 Å². The lowest BCUT2D eigenvalue weighted by Gasteiger charge is -2.22. The van der Waals surface area contributed by atoms with Crippen LogP contribution in [0.2, 0.25) is 0 Å². The Hall–Kier alpha value is -15.4. The lowest BCUT2D eigenvalue weighted by molar-refractivity contribution is 0.660. The van der Waals surface area contributed by atoms with E-state index in [9.17, 15) is 0 Å². The summed E-state index contributed by atoms with van der Waals surface area (Å²) in [7, 11) is 0. The Kier molecular flexibility index (Phi) is 13.8. The molecule has 6 heterocycles. The molecule has 0 aliphatic heterocycles. The summed E-state index contributed by atoms with van der Waals surface area (Å²) in [4.78, 5) is 21.9. The highest BCUT2D eigenvalue weighted by atomic mass is 15.2. The molecule has 0 unspecified atom stereocenters. The van der Waals surface area contributed by atoms with E-state index < -0.39 is 0 Å². The van der Waals surface area contributed by atoms with Gasteiger partial charge in [0, 0.05) is 70.4 Å². The predicted octanol–water partition coefficient (Wildman–Crippen LogP) is 28.2. The number of benzene rings is 19. The van der Waals surface area contributed by atoms with Crippen molar-refractivity contribution in [2.24, 2.45) is 0 Å². The Labute approximate surface area is 670 Å². The maximum Gasteiger partial charge on any atom is 0.235 e. The van der Waals surface area contributed by atoms with Crippen LogP contribution in [0.1, 0.15) is 25.0 Å². The van der Waals surface area contributed by atoms with Gasteiger partial charge in [0.25, 0.3) is 0 Å². The van der Waals surface area contributed by atoms with E-state index in [2.05, 4.69) is 408 Å². The largest absolute Gasteiger partial charge is 0.309 e. The zero-order valence-corrected chi connectivity index (χ0v) is 63.9. The van der Waals surface area contributed by atoms with Crippen LogP contribution in [0, 0.1) is 0 Å². The molecule has 0 bridgehead atoms. The molecule has 1 aliphatic carbocycles. The molecule has 8 nitrogen and oxygen atoms in total. The average molecular weight is 1490 g/mol. The Morgan fingerprint density at radius 2 is 0.573 bits per heavy atom. The maximum absolute atomic E-state index is 5.59. The van der Waals surface area contributed by atoms with Gasteiger partial charge in [0.1, 0.15) is 0 Å². The molecule has 0 atom stereocenters. The molecule has 0 spiro atoms. The summed E-state index contributed by atoms with van der Waals surface area (Å²) in [6.45, 7) is 4.68. The standard InChI is InChI=1S/C55H36N4.C54H32N4/c1-55(2)43-21-10-7-18-38(43)39-28-26-36(31-44(39)55)53-40-19-8-11-22-45(40)56-54(57-53)59-48-25-13-24-47(52(48)42-30-34-15-3-4-16-35(34)32-50(42)59)58-46-23-12-9-20-41(46)51-37-17-6-5-14-33(37)27-29-49(51)58;1-2-15-37-32-50-44(30-36(37)14-1)52-47(57-46-21-10-8-19-42(46)51-40-17-6-4-13-34(40)28-29-49(51)57)22-11-23-48(52)58(50)54-55-45-20-9-7-18-41(45)53(56-54)38-27-26-35-25-24-33-12-3-5-16-39(33)43(35)31-38/h3-32H,1-2H3;1-32H. The average Bonchev–Trinajstić information content (AvgIpc) is 1.55. The van der Waals surface area contributed by atoms with Crippen molar-refractivity contribution >= 4 is 174 Å². The van der Waals surface area contributed by atoms with Crippen LogP contribution in [0.25, 0.3) is 231 Å². The molecule has 25 aromatic rings. The van der Waals surface area contributed by atoms with Gasteiger partial charge in [-0.2, -0.15) is 0 Å². The topological polar surface area (TPSA) is 71.3 Å². The number of para-hydroxylation sites is 4. The van der Waals surface area contributed by atoms with E-state index >= 15 is 0 Å². The zero-order chi connectivity index (χ0) is 76.9. The van der Waals surface area contributed by atoms with Gasteiger partial charge in [-0.05, 0) is 184 Å². The summed E-state index contributed by atoms with van der Waals surface area (Å²) in [5.74, 6) is 1.30. The fourth-order valence-corrected chi connectivity index (χ4v) is 20.0. The summed E-state index contributed by atoms with van der Waals surface area (Å²) in [6.07, 6.45) is 0. The van der Waals surface area contributed by atoms with Crippen LogP contribution in [-0.2, 0) is 5.41 Å². The van der Waals surface area contributed by atoms with Crippen LogP contribution in [0.5, 0.6) is 0 Å². The summed E-state index contributed by atoms with van der Waals surface area (Å²) < 4.78 is 9.52. The van der Waals surface area contributed by atoms with Crippen LogP contribution >= 0.6 is 0 Å². The molecule has 544 valence electrons. The Balaban J connectivity index is 0.000000131. The number of fused-ring (bicyclic) bond motifs is 26. The van der Waals surface area contributed by atoms with E-state index in [1.807, 2.05) is 0 Å². The van der Waals surface area contributed by atoms with E-state index in [4.69, 9.17) is 19.9 Å². The Morgan fingerprint density at radius 1 is 0.205 bits per heavy atom. The summed E-state index contributed by atoms with van der Waals surface area (Å²) in [5, 5.41) is 26.4. The minimum absolute atomic E-state index is 0.128. The minimum atomic E-state index is -0.128. The molecule has 19 aromatic carbocycles. The van der Waals surface area contributed by atoms with Gasteiger partial charge in [-0.25, -0.2) is 19.9 Å². The third-order valence-electron chi connectivity index (χ3n) is 25.3. The van der Waals surface area contributed by atoms with Crippen molar-refractivity contribution < 1.29 is 0 Å². The van der Waals surface area contributed by atoms with Crippen molar-refractivity contribution in [1.29, 1.82) is 0 Å². The molecule has 0 saturated carbocycles. The molecular weight excluding hydrogens is 1420 g/mol. The molecule has 1 aliphatic rings. The van der Waals surface area contributed by atoms with E-state index in [0.717, 1.165) is 93.9 Å². The first-order valence-electron chi connectivity index (χ1n) is 40.3. The molecule has 0 amide bonds. The second-order valence-corrected chi connectivity index (χ2v) is 31.9. The van der Waals surface area contributed by atoms with Crippen molar-refractivity contribution in [3.63, 3.8) is 0 Å². The summed E-state index contributed by atoms with van der Waals surface area (Å²) in [5.41, 5.74) is 22.2. The van der Waals surface area contributed by atoms with Crippen molar-refractivity contribution in [1.82, 2.24) is 38.2 Å². The lowest BCUT2D eigenvalue weighted by atomic mass is 9.82. The number of rotatable bonds is 6. The third-order valence-corrected chi connectivity index (χ3v) is 25.3. The highest BCUT2D eigenvalue weighted by Gasteiger charge is 2.36. The first-order valence-corrected chi connectivity index (χ1v) is 40.3. The van der Waals surface area contributed by atoms with Gasteiger partial charge >= 0.3 is 0 Å². The molecule has 0 saturated heterocycles. The van der Waals surface area contributed by atoms with E-state index in [-0.39, 0.29) is 5.41 Å². The minimum Gasteiger partial charge on any atom is -0.309 e. The summed E-state index contributed by atoms with van der Waals surface area (Å²) >= 11 is 0. The van der Waals surface area contributed by atoms with E-state index in [1.165, 1.54) is 136 Å². The van der Waals surface area contributed by atoms with Gasteiger partial charge < -0.3 is 9.13 Å². The van der Waals surface area contributed by atoms with Gasteiger partial charge in [0.15, 0.2) is 0 Å². The van der Waals surface area contributed by atoms with Crippen molar-refractivity contribution in [2.75, 3.05) is 0 Å². The van der Waals surface area contributed by atoms with Crippen LogP contribution in [0.3, 0.4) is 0 Å². The summed E-state index contributed by atoms with van der Waals surface area (Å²) in [6, 6.07) is 137. The van der Waals surface area contributed by atoms with Gasteiger partial charge in [-0.15, -0.1) is 0 Å². The highest BCUT2D eigenvalue weighted by molar-refractivity contribution is 6.26. The highest BCUT2D eigenvalue weighted by Crippen LogP contribution is 2.51. The van der Waals surface area contributed by atoms with Crippen LogP contribution in [0.4, 0.5) is 0 Å². The van der Waals surface area contributed by atoms with Crippen LogP contribution in [-0.4, -0.2) is 38.2 Å². The molecule has 0 radical (unpaired) electrons. The number of aromatic nitrogens is 8. The normalized spacial score (nSPS) is 12.8.